The third-order valence-corrected chi connectivity index (χ3v) is 7.92. The number of carbonyl (C=O) groups excluding carboxylic acids is 1. The molecule has 1 aliphatic rings. The Morgan fingerprint density at radius 3 is 2.67 bits per heavy atom. The maximum atomic E-state index is 12.7. The van der Waals surface area contributed by atoms with Crippen molar-refractivity contribution in [1.29, 1.82) is 5.26 Å². The minimum atomic E-state index is -0.137. The predicted molar refractivity (Wildman–Crippen MR) is 132 cm³/mol. The summed E-state index contributed by atoms with van der Waals surface area (Å²) in [6, 6.07) is 10.0. The Labute approximate surface area is 202 Å². The van der Waals surface area contributed by atoms with Gasteiger partial charge in [-0.15, -0.1) is 21.5 Å². The lowest BCUT2D eigenvalue weighted by atomic mass is 9.97. The highest BCUT2D eigenvalue weighted by Gasteiger charge is 2.21. The van der Waals surface area contributed by atoms with Gasteiger partial charge in [0.05, 0.1) is 18.4 Å². The molecule has 33 heavy (non-hydrogen) atoms. The zero-order chi connectivity index (χ0) is 23.2. The van der Waals surface area contributed by atoms with E-state index in [1.165, 1.54) is 29.5 Å². The Kier molecular flexibility index (Phi) is 7.68. The van der Waals surface area contributed by atoms with E-state index in [0.717, 1.165) is 48.4 Å². The molecule has 4 rings (SSSR count). The average Bonchev–Trinajstić information content (AvgIpc) is 3.37. The smallest absolute Gasteiger partial charge is 0.235 e. The number of nitrogens with zero attached hydrogens (tertiary/aromatic N) is 4. The number of hydrogen-bond donors (Lipinski definition) is 1. The van der Waals surface area contributed by atoms with Crippen LogP contribution in [-0.2, 0) is 24.2 Å². The summed E-state index contributed by atoms with van der Waals surface area (Å²) in [6.07, 6.45) is 6.60. The number of aryl methyl sites for hydroxylation is 1. The van der Waals surface area contributed by atoms with E-state index in [9.17, 15) is 10.1 Å². The van der Waals surface area contributed by atoms with Gasteiger partial charge in [-0.25, -0.2) is 0 Å². The van der Waals surface area contributed by atoms with Crippen LogP contribution < -0.4 is 10.1 Å². The van der Waals surface area contributed by atoms with Gasteiger partial charge in [-0.1, -0.05) is 24.6 Å². The van der Waals surface area contributed by atoms with Gasteiger partial charge in [-0.2, -0.15) is 5.26 Å². The first-order chi connectivity index (χ1) is 16.1. The number of ether oxygens (including phenoxy) is 1. The van der Waals surface area contributed by atoms with Crippen LogP contribution in [0, 0.1) is 11.3 Å². The number of aromatic nitrogens is 3. The summed E-state index contributed by atoms with van der Waals surface area (Å²) in [5.74, 6) is 1.61. The van der Waals surface area contributed by atoms with Gasteiger partial charge in [-0.3, -0.25) is 4.79 Å². The van der Waals surface area contributed by atoms with Gasteiger partial charge < -0.3 is 14.6 Å². The number of thiophene rings is 1. The molecule has 0 radical (unpaired) electrons. The van der Waals surface area contributed by atoms with Crippen molar-refractivity contribution in [2.75, 3.05) is 18.2 Å². The maximum Gasteiger partial charge on any atom is 0.235 e. The first kappa shape index (κ1) is 23.3. The third-order valence-electron chi connectivity index (χ3n) is 5.75. The van der Waals surface area contributed by atoms with E-state index < -0.39 is 0 Å². The molecule has 0 bridgehead atoms. The monoisotopic (exact) mass is 481 g/mol. The topological polar surface area (TPSA) is 92.8 Å². The zero-order valence-electron chi connectivity index (χ0n) is 18.9. The largest absolute Gasteiger partial charge is 0.497 e. The van der Waals surface area contributed by atoms with E-state index in [1.54, 1.807) is 18.4 Å². The number of rotatable bonds is 7. The van der Waals surface area contributed by atoms with Gasteiger partial charge in [0.2, 0.25) is 5.91 Å². The molecule has 1 N–H and O–H groups in total. The van der Waals surface area contributed by atoms with Crippen molar-refractivity contribution in [2.24, 2.45) is 0 Å². The van der Waals surface area contributed by atoms with Crippen LogP contribution in [0.2, 0.25) is 0 Å². The number of thioether (sulfide) groups is 1. The predicted octanol–water partition coefficient (Wildman–Crippen LogP) is 5.30. The summed E-state index contributed by atoms with van der Waals surface area (Å²) in [4.78, 5) is 14.0. The van der Waals surface area contributed by atoms with Crippen molar-refractivity contribution >= 4 is 34.0 Å². The molecule has 1 aromatic carbocycles. The minimum Gasteiger partial charge on any atom is -0.497 e. The standard InChI is InChI=1S/C24H27N5O2S2/c1-3-29-22(16-10-12-17(31-2)13-11-16)27-28-24(29)32-15-21(30)26-23-19(14-25)18-8-6-4-5-7-9-20(18)33-23/h10-13H,3-9,15H2,1-2H3,(H,26,30). The minimum absolute atomic E-state index is 0.137. The van der Waals surface area contributed by atoms with Gasteiger partial charge in [0.25, 0.3) is 0 Å². The van der Waals surface area contributed by atoms with Crippen LogP contribution in [0.5, 0.6) is 5.75 Å². The second-order valence-electron chi connectivity index (χ2n) is 7.85. The Bertz CT molecular complexity index is 1160. The molecule has 2 aromatic heterocycles. The van der Waals surface area contributed by atoms with Crippen LogP contribution in [0.15, 0.2) is 29.4 Å². The lowest BCUT2D eigenvalue weighted by Gasteiger charge is -2.09. The summed E-state index contributed by atoms with van der Waals surface area (Å²) in [7, 11) is 1.64. The molecule has 0 saturated heterocycles. The molecule has 1 amide bonds. The van der Waals surface area contributed by atoms with Gasteiger partial charge >= 0.3 is 0 Å². The summed E-state index contributed by atoms with van der Waals surface area (Å²) < 4.78 is 7.22. The number of nitriles is 1. The molecular formula is C24H27N5O2S2. The molecule has 0 atom stereocenters. The third kappa shape index (κ3) is 5.23. The SMILES string of the molecule is CCn1c(SCC(=O)Nc2sc3c(c2C#N)CCCCCC3)nnc1-c1ccc(OC)cc1. The van der Waals surface area contributed by atoms with Crippen molar-refractivity contribution in [2.45, 2.75) is 57.1 Å². The molecule has 7 nitrogen and oxygen atoms in total. The highest BCUT2D eigenvalue weighted by molar-refractivity contribution is 7.99. The van der Waals surface area contributed by atoms with Crippen molar-refractivity contribution < 1.29 is 9.53 Å². The molecule has 2 heterocycles. The van der Waals surface area contributed by atoms with E-state index >= 15 is 0 Å². The first-order valence-electron chi connectivity index (χ1n) is 11.2. The number of methoxy groups -OCH3 is 1. The molecule has 3 aromatic rings. The summed E-state index contributed by atoms with van der Waals surface area (Å²) in [5.41, 5.74) is 2.73. The number of benzene rings is 1. The number of amides is 1. The second-order valence-corrected chi connectivity index (χ2v) is 9.90. The fourth-order valence-electron chi connectivity index (χ4n) is 4.05. The van der Waals surface area contributed by atoms with Crippen molar-refractivity contribution in [1.82, 2.24) is 14.8 Å². The van der Waals surface area contributed by atoms with E-state index in [-0.39, 0.29) is 11.7 Å². The second kappa shape index (κ2) is 10.9. The highest BCUT2D eigenvalue weighted by atomic mass is 32.2. The summed E-state index contributed by atoms with van der Waals surface area (Å²) >= 11 is 2.92. The molecule has 0 aliphatic heterocycles. The van der Waals surface area contributed by atoms with E-state index in [2.05, 4.69) is 21.6 Å². The van der Waals surface area contributed by atoms with Crippen LogP contribution in [0.3, 0.4) is 0 Å². The molecule has 0 spiro atoms. The van der Waals surface area contributed by atoms with Crippen LogP contribution in [0.4, 0.5) is 5.00 Å². The first-order valence-corrected chi connectivity index (χ1v) is 13.0. The molecule has 0 unspecified atom stereocenters. The van der Waals surface area contributed by atoms with Crippen molar-refractivity contribution in [3.8, 4) is 23.2 Å². The Morgan fingerprint density at radius 2 is 1.97 bits per heavy atom. The van der Waals surface area contributed by atoms with E-state index in [4.69, 9.17) is 4.74 Å². The van der Waals surface area contributed by atoms with Gasteiger partial charge in [-0.05, 0) is 62.4 Å². The number of anilines is 1. The summed E-state index contributed by atoms with van der Waals surface area (Å²) in [5, 5.41) is 22.7. The van der Waals surface area contributed by atoms with Gasteiger partial charge in [0, 0.05) is 17.0 Å². The van der Waals surface area contributed by atoms with Crippen molar-refractivity contribution in [3.05, 3.63) is 40.3 Å². The molecule has 0 fully saturated rings. The number of carbonyl (C=O) groups is 1. The number of fused-ring (bicyclic) bond motifs is 1. The Morgan fingerprint density at radius 1 is 1.21 bits per heavy atom. The molecule has 1 aliphatic carbocycles. The zero-order valence-corrected chi connectivity index (χ0v) is 20.5. The lowest BCUT2D eigenvalue weighted by Crippen LogP contribution is -2.14. The number of hydrogen-bond acceptors (Lipinski definition) is 7. The van der Waals surface area contributed by atoms with Gasteiger partial charge in [0.1, 0.15) is 16.8 Å². The average molecular weight is 482 g/mol. The van der Waals surface area contributed by atoms with Crippen LogP contribution in [0.25, 0.3) is 11.4 Å². The van der Waals surface area contributed by atoms with E-state index in [0.29, 0.717) is 22.3 Å². The van der Waals surface area contributed by atoms with Gasteiger partial charge in [0.15, 0.2) is 11.0 Å². The quantitative estimate of drug-likeness (QED) is 0.461. The fraction of sp³-hybridized carbons (Fsp3) is 0.417. The molecular weight excluding hydrogens is 454 g/mol. The molecule has 9 heteroatoms. The Hall–Kier alpha value is -2.83. The highest BCUT2D eigenvalue weighted by Crippen LogP contribution is 2.36. The number of nitrogens with one attached hydrogen (secondary N) is 1. The molecule has 0 saturated carbocycles. The fourth-order valence-corrected chi connectivity index (χ4v) is 6.11. The maximum absolute atomic E-state index is 12.7. The van der Waals surface area contributed by atoms with E-state index in [1.807, 2.05) is 35.8 Å². The molecule has 172 valence electrons. The van der Waals surface area contributed by atoms with Crippen LogP contribution in [0.1, 0.15) is 48.6 Å². The summed E-state index contributed by atoms with van der Waals surface area (Å²) in [6.45, 7) is 2.72. The lowest BCUT2D eigenvalue weighted by molar-refractivity contribution is -0.113. The normalized spacial score (nSPS) is 13.5. The van der Waals surface area contributed by atoms with Crippen LogP contribution in [-0.4, -0.2) is 33.5 Å². The van der Waals surface area contributed by atoms with Crippen molar-refractivity contribution in [3.63, 3.8) is 0 Å². The van der Waals surface area contributed by atoms with Crippen LogP contribution >= 0.6 is 23.1 Å². The Balaban J connectivity index is 1.45.